The molecule has 1 N–H and O–H groups in total. The van der Waals surface area contributed by atoms with Crippen LogP contribution in [0.2, 0.25) is 0 Å². The molecule has 8 heteroatoms. The van der Waals surface area contributed by atoms with Crippen LogP contribution in [-0.4, -0.2) is 35.2 Å². The van der Waals surface area contributed by atoms with Gasteiger partial charge in [0.1, 0.15) is 6.54 Å². The van der Waals surface area contributed by atoms with Gasteiger partial charge in [0.05, 0.1) is 18.9 Å². The molecule has 1 aromatic heterocycles. The lowest BCUT2D eigenvalue weighted by molar-refractivity contribution is -0.117. The number of nitrogens with one attached hydrogen (secondary N) is 1. The van der Waals surface area contributed by atoms with E-state index in [4.69, 9.17) is 9.47 Å². The van der Waals surface area contributed by atoms with Crippen molar-refractivity contribution in [3.8, 4) is 22.8 Å². The van der Waals surface area contributed by atoms with Gasteiger partial charge < -0.3 is 14.8 Å². The smallest absolute Gasteiger partial charge is 0.267 e. The molecule has 0 fully saturated rings. The van der Waals surface area contributed by atoms with Crippen molar-refractivity contribution in [1.82, 2.24) is 9.78 Å². The Balaban J connectivity index is 1.52. The second kappa shape index (κ2) is 9.04. The second-order valence-electron chi connectivity index (χ2n) is 6.70. The summed E-state index contributed by atoms with van der Waals surface area (Å²) in [5, 5.41) is 7.16. The summed E-state index contributed by atoms with van der Waals surface area (Å²) in [4.78, 5) is 25.7. The normalized spacial score (nSPS) is 12.8. The molecule has 0 unspecified atom stereocenters. The molecule has 4 rings (SSSR count). The van der Waals surface area contributed by atoms with Gasteiger partial charge in [-0.15, -0.1) is 11.8 Å². The molecule has 30 heavy (non-hydrogen) atoms. The first kappa shape index (κ1) is 20.0. The molecule has 7 nitrogen and oxygen atoms in total. The van der Waals surface area contributed by atoms with Crippen molar-refractivity contribution in [3.63, 3.8) is 0 Å². The van der Waals surface area contributed by atoms with E-state index in [1.165, 1.54) is 6.07 Å². The Morgan fingerprint density at radius 2 is 1.83 bits per heavy atom. The number of benzene rings is 2. The first-order valence-electron chi connectivity index (χ1n) is 9.54. The molecule has 0 saturated heterocycles. The average Bonchev–Trinajstić information content (AvgIpc) is 3.00. The van der Waals surface area contributed by atoms with E-state index in [0.717, 1.165) is 21.6 Å². The fourth-order valence-electron chi connectivity index (χ4n) is 3.05. The zero-order valence-electron chi connectivity index (χ0n) is 16.5. The predicted octanol–water partition coefficient (Wildman–Crippen LogP) is 3.43. The van der Waals surface area contributed by atoms with Crippen LogP contribution in [0.4, 0.5) is 5.69 Å². The van der Waals surface area contributed by atoms with Crippen molar-refractivity contribution in [2.45, 2.75) is 17.9 Å². The second-order valence-corrected chi connectivity index (χ2v) is 7.58. The molecule has 154 valence electrons. The van der Waals surface area contributed by atoms with E-state index in [-0.39, 0.29) is 18.0 Å². The van der Waals surface area contributed by atoms with E-state index in [9.17, 15) is 9.59 Å². The van der Waals surface area contributed by atoms with Gasteiger partial charge >= 0.3 is 0 Å². The van der Waals surface area contributed by atoms with Crippen LogP contribution in [0.3, 0.4) is 0 Å². The molecule has 2 heterocycles. The van der Waals surface area contributed by atoms with Gasteiger partial charge in [0.2, 0.25) is 5.91 Å². The van der Waals surface area contributed by atoms with Crippen LogP contribution in [-0.2, 0) is 11.3 Å². The highest BCUT2D eigenvalue weighted by Crippen LogP contribution is 2.33. The minimum absolute atomic E-state index is 0.179. The van der Waals surface area contributed by atoms with E-state index in [1.54, 1.807) is 17.8 Å². The Hall–Kier alpha value is -3.26. The quantitative estimate of drug-likeness (QED) is 0.633. The minimum Gasteiger partial charge on any atom is -0.490 e. The molecular weight excluding hydrogens is 402 g/mol. The van der Waals surface area contributed by atoms with Crippen LogP contribution >= 0.6 is 11.8 Å². The Bertz CT molecular complexity index is 1110. The molecule has 2 aromatic carbocycles. The summed E-state index contributed by atoms with van der Waals surface area (Å²) in [5.41, 5.74) is 1.68. The van der Waals surface area contributed by atoms with Crippen LogP contribution < -0.4 is 20.3 Å². The molecule has 0 radical (unpaired) electrons. The van der Waals surface area contributed by atoms with Crippen molar-refractivity contribution in [2.75, 3.05) is 24.8 Å². The SMILES string of the molecule is CSc1ccc(NC(=O)Cn2nc(-c3ccc4c(c3)OCCCO4)ccc2=O)cc1. The lowest BCUT2D eigenvalue weighted by atomic mass is 10.1. The van der Waals surface area contributed by atoms with E-state index in [1.807, 2.05) is 48.7 Å². The summed E-state index contributed by atoms with van der Waals surface area (Å²) in [6.07, 6.45) is 2.81. The fourth-order valence-corrected chi connectivity index (χ4v) is 3.46. The predicted molar refractivity (Wildman–Crippen MR) is 116 cm³/mol. The van der Waals surface area contributed by atoms with E-state index < -0.39 is 0 Å². The molecule has 0 bridgehead atoms. The molecule has 0 spiro atoms. The van der Waals surface area contributed by atoms with E-state index >= 15 is 0 Å². The van der Waals surface area contributed by atoms with Gasteiger partial charge in [-0.2, -0.15) is 5.10 Å². The van der Waals surface area contributed by atoms with Crippen LogP contribution in [0.15, 0.2) is 64.3 Å². The number of carbonyl (C=O) groups is 1. The maximum absolute atomic E-state index is 12.4. The highest BCUT2D eigenvalue weighted by Gasteiger charge is 2.13. The van der Waals surface area contributed by atoms with Gasteiger partial charge in [-0.3, -0.25) is 9.59 Å². The largest absolute Gasteiger partial charge is 0.490 e. The maximum Gasteiger partial charge on any atom is 0.267 e. The summed E-state index contributed by atoms with van der Waals surface area (Å²) in [5.74, 6) is 1.02. The van der Waals surface area contributed by atoms with Crippen LogP contribution in [0.1, 0.15) is 6.42 Å². The molecule has 0 saturated carbocycles. The third-order valence-corrected chi connectivity index (χ3v) is 5.32. The highest BCUT2D eigenvalue weighted by molar-refractivity contribution is 7.98. The molecule has 1 aliphatic rings. The third kappa shape index (κ3) is 4.65. The number of nitrogens with zero attached hydrogens (tertiary/aromatic N) is 2. The summed E-state index contributed by atoms with van der Waals surface area (Å²) in [7, 11) is 0. The van der Waals surface area contributed by atoms with Gasteiger partial charge in [0.25, 0.3) is 5.56 Å². The van der Waals surface area contributed by atoms with Crippen molar-refractivity contribution >= 4 is 23.4 Å². The first-order chi connectivity index (χ1) is 14.6. The standard InChI is InChI=1S/C22H21N3O4S/c1-30-17-6-4-16(5-7-17)23-21(26)14-25-22(27)10-8-18(24-25)15-3-9-19-20(13-15)29-12-2-11-28-19/h3-10,13H,2,11-12,14H2,1H3,(H,23,26). The van der Waals surface area contributed by atoms with Gasteiger partial charge in [-0.1, -0.05) is 0 Å². The molecular formula is C22H21N3O4S. The first-order valence-corrected chi connectivity index (χ1v) is 10.8. The summed E-state index contributed by atoms with van der Waals surface area (Å²) in [6, 6.07) is 16.1. The summed E-state index contributed by atoms with van der Waals surface area (Å²) >= 11 is 1.63. The Labute approximate surface area is 178 Å². The number of amides is 1. The number of rotatable bonds is 5. The zero-order valence-corrected chi connectivity index (χ0v) is 17.3. The number of hydrogen-bond acceptors (Lipinski definition) is 6. The number of carbonyl (C=O) groups excluding carboxylic acids is 1. The Kier molecular flexibility index (Phi) is 6.04. The topological polar surface area (TPSA) is 82.5 Å². The van der Waals surface area contributed by atoms with Crippen molar-refractivity contribution in [3.05, 3.63) is 65.0 Å². The van der Waals surface area contributed by atoms with Gasteiger partial charge in [0, 0.05) is 28.6 Å². The lowest BCUT2D eigenvalue weighted by Gasteiger charge is -2.11. The molecule has 1 aliphatic heterocycles. The van der Waals surface area contributed by atoms with Gasteiger partial charge in [-0.05, 0) is 54.8 Å². The third-order valence-electron chi connectivity index (χ3n) is 4.58. The number of hydrogen-bond donors (Lipinski definition) is 1. The summed E-state index contributed by atoms with van der Waals surface area (Å²) < 4.78 is 12.5. The van der Waals surface area contributed by atoms with E-state index in [0.29, 0.717) is 36.1 Å². The number of aromatic nitrogens is 2. The van der Waals surface area contributed by atoms with Crippen LogP contribution in [0.5, 0.6) is 11.5 Å². The maximum atomic E-state index is 12.4. The number of fused-ring (bicyclic) bond motifs is 1. The monoisotopic (exact) mass is 423 g/mol. The fraction of sp³-hybridized carbons (Fsp3) is 0.227. The van der Waals surface area contributed by atoms with Crippen LogP contribution in [0, 0.1) is 0 Å². The Morgan fingerprint density at radius 3 is 2.60 bits per heavy atom. The number of thioether (sulfide) groups is 1. The van der Waals surface area contributed by atoms with E-state index in [2.05, 4.69) is 10.4 Å². The molecule has 0 aliphatic carbocycles. The van der Waals surface area contributed by atoms with Gasteiger partial charge in [-0.25, -0.2) is 4.68 Å². The van der Waals surface area contributed by atoms with Crippen LogP contribution in [0.25, 0.3) is 11.3 Å². The molecule has 1 amide bonds. The van der Waals surface area contributed by atoms with Crippen molar-refractivity contribution in [2.24, 2.45) is 0 Å². The zero-order chi connectivity index (χ0) is 20.9. The van der Waals surface area contributed by atoms with Crippen molar-refractivity contribution in [1.29, 1.82) is 0 Å². The molecule has 3 aromatic rings. The summed E-state index contributed by atoms with van der Waals surface area (Å²) in [6.45, 7) is 1.02. The lowest BCUT2D eigenvalue weighted by Crippen LogP contribution is -2.29. The number of anilines is 1. The average molecular weight is 423 g/mol. The van der Waals surface area contributed by atoms with Crippen molar-refractivity contribution < 1.29 is 14.3 Å². The highest BCUT2D eigenvalue weighted by atomic mass is 32.2. The molecule has 0 atom stereocenters. The Morgan fingerprint density at radius 1 is 1.07 bits per heavy atom. The minimum atomic E-state index is -0.346. The number of ether oxygens (including phenoxy) is 2. The van der Waals surface area contributed by atoms with Gasteiger partial charge in [0.15, 0.2) is 11.5 Å².